The molecule has 0 radical (unpaired) electrons. The Morgan fingerprint density at radius 3 is 2.38 bits per heavy atom. The maximum absolute atomic E-state index is 13.5. The number of nitrogens with zero attached hydrogens (tertiary/aromatic N) is 4. The highest BCUT2D eigenvalue weighted by molar-refractivity contribution is 6.00. The van der Waals surface area contributed by atoms with Gasteiger partial charge in [0.15, 0.2) is 0 Å². The molecule has 32 heavy (non-hydrogen) atoms. The highest BCUT2D eigenvalue weighted by Crippen LogP contribution is 2.33. The predicted octanol–water partition coefficient (Wildman–Crippen LogP) is 3.73. The van der Waals surface area contributed by atoms with Crippen molar-refractivity contribution in [3.05, 3.63) is 29.8 Å². The molecule has 176 valence electrons. The fourth-order valence-electron chi connectivity index (χ4n) is 5.35. The zero-order valence-electron chi connectivity index (χ0n) is 19.9. The van der Waals surface area contributed by atoms with Gasteiger partial charge in [-0.3, -0.25) is 19.9 Å². The fourth-order valence-corrected chi connectivity index (χ4v) is 5.35. The van der Waals surface area contributed by atoms with Crippen LogP contribution in [-0.2, 0) is 4.79 Å². The van der Waals surface area contributed by atoms with E-state index in [0.717, 1.165) is 38.0 Å². The van der Waals surface area contributed by atoms with E-state index in [1.807, 2.05) is 7.05 Å². The first-order chi connectivity index (χ1) is 15.5. The monoisotopic (exact) mass is 441 g/mol. The van der Waals surface area contributed by atoms with E-state index in [-0.39, 0.29) is 30.4 Å². The Balaban J connectivity index is 1.42. The molecule has 3 aliphatic rings. The summed E-state index contributed by atoms with van der Waals surface area (Å²) in [5, 5.41) is 3.59. The quantitative estimate of drug-likeness (QED) is 0.592. The zero-order valence-corrected chi connectivity index (χ0v) is 19.9. The van der Waals surface area contributed by atoms with Gasteiger partial charge in [-0.05, 0) is 31.9 Å². The lowest BCUT2D eigenvalue weighted by atomic mass is 10.1. The Kier molecular flexibility index (Phi) is 7.36. The van der Waals surface area contributed by atoms with Crippen molar-refractivity contribution in [2.75, 3.05) is 31.6 Å². The van der Waals surface area contributed by atoms with Gasteiger partial charge in [0.25, 0.3) is 5.91 Å². The second-order valence-corrected chi connectivity index (χ2v) is 9.56. The number of hydrogen-bond donors (Lipinski definition) is 1. The highest BCUT2D eigenvalue weighted by atomic mass is 16.2. The van der Waals surface area contributed by atoms with Crippen LogP contribution in [0.25, 0.3) is 0 Å². The van der Waals surface area contributed by atoms with Crippen LogP contribution in [0, 0.1) is 6.92 Å². The Bertz CT molecular complexity index is 798. The van der Waals surface area contributed by atoms with Gasteiger partial charge < -0.3 is 9.80 Å². The number of benzene rings is 1. The molecule has 3 amide bonds. The molecule has 3 unspecified atom stereocenters. The molecule has 3 atom stereocenters. The molecule has 7 nitrogen and oxygen atoms in total. The molecule has 3 aliphatic heterocycles. The number of imide groups is 1. The van der Waals surface area contributed by atoms with Crippen LogP contribution in [-0.4, -0.2) is 71.8 Å². The largest absolute Gasteiger partial charge is 0.343 e. The van der Waals surface area contributed by atoms with E-state index in [9.17, 15) is 9.59 Å². The zero-order chi connectivity index (χ0) is 22.7. The minimum absolute atomic E-state index is 0.0372. The van der Waals surface area contributed by atoms with Gasteiger partial charge in [-0.25, -0.2) is 4.79 Å². The second-order valence-electron chi connectivity index (χ2n) is 9.56. The number of likely N-dealkylation sites (N-methyl/N-ethyl adjacent to an activating group) is 1. The first-order valence-corrected chi connectivity index (χ1v) is 12.5. The van der Waals surface area contributed by atoms with Crippen LogP contribution in [0.4, 0.5) is 10.5 Å². The van der Waals surface area contributed by atoms with Crippen LogP contribution in [0.3, 0.4) is 0 Å². The van der Waals surface area contributed by atoms with Crippen molar-refractivity contribution < 1.29 is 9.59 Å². The maximum Gasteiger partial charge on any atom is 0.327 e. The van der Waals surface area contributed by atoms with Crippen molar-refractivity contribution in [2.24, 2.45) is 0 Å². The number of fused-ring (bicyclic) bond motifs is 3. The van der Waals surface area contributed by atoms with Crippen LogP contribution < -0.4 is 10.2 Å². The van der Waals surface area contributed by atoms with Gasteiger partial charge in [-0.1, -0.05) is 63.1 Å². The molecular formula is C25H39N5O2. The smallest absolute Gasteiger partial charge is 0.327 e. The fraction of sp³-hybridized carbons (Fsp3) is 0.680. The molecule has 3 saturated heterocycles. The van der Waals surface area contributed by atoms with Crippen LogP contribution in [0.2, 0.25) is 0 Å². The van der Waals surface area contributed by atoms with Crippen LogP contribution in [0.5, 0.6) is 0 Å². The SMILES string of the molecule is CCCCCCCCCN1C(=O)C2C(NC3N(c4ccc(C)cc4)CCCN23)N(C)C1=O. The Morgan fingerprint density at radius 1 is 0.969 bits per heavy atom. The minimum Gasteiger partial charge on any atom is -0.343 e. The number of hydrogen-bond acceptors (Lipinski definition) is 5. The average Bonchev–Trinajstić information content (AvgIpc) is 3.20. The summed E-state index contributed by atoms with van der Waals surface area (Å²) in [5.74, 6) is -0.0372. The van der Waals surface area contributed by atoms with E-state index in [0.29, 0.717) is 6.54 Å². The van der Waals surface area contributed by atoms with Crippen molar-refractivity contribution in [2.45, 2.75) is 83.7 Å². The molecule has 3 fully saturated rings. The van der Waals surface area contributed by atoms with Gasteiger partial charge >= 0.3 is 6.03 Å². The molecule has 0 aromatic heterocycles. The number of carbonyl (C=O) groups is 2. The number of nitrogens with one attached hydrogen (secondary N) is 1. The molecule has 3 heterocycles. The van der Waals surface area contributed by atoms with Crippen molar-refractivity contribution in [3.63, 3.8) is 0 Å². The van der Waals surface area contributed by atoms with E-state index in [2.05, 4.69) is 53.2 Å². The Labute approximate surface area is 192 Å². The number of aryl methyl sites for hydroxylation is 1. The summed E-state index contributed by atoms with van der Waals surface area (Å²) in [7, 11) is 1.83. The number of amides is 3. The molecule has 1 aromatic rings. The third-order valence-corrected chi connectivity index (χ3v) is 7.22. The van der Waals surface area contributed by atoms with Gasteiger partial charge in [0.2, 0.25) is 0 Å². The normalized spacial score (nSPS) is 26.0. The molecule has 0 saturated carbocycles. The van der Waals surface area contributed by atoms with Crippen LogP contribution >= 0.6 is 0 Å². The number of anilines is 1. The first-order valence-electron chi connectivity index (χ1n) is 12.5. The van der Waals surface area contributed by atoms with Crippen molar-refractivity contribution in [1.29, 1.82) is 0 Å². The third-order valence-electron chi connectivity index (χ3n) is 7.22. The molecular weight excluding hydrogens is 402 g/mol. The summed E-state index contributed by atoms with van der Waals surface area (Å²) in [4.78, 5) is 34.4. The lowest BCUT2D eigenvalue weighted by molar-refractivity contribution is -0.138. The number of urea groups is 1. The Hall–Kier alpha value is -2.12. The summed E-state index contributed by atoms with van der Waals surface area (Å²) in [6.07, 6.45) is 8.86. The summed E-state index contributed by atoms with van der Waals surface area (Å²) < 4.78 is 0. The van der Waals surface area contributed by atoms with Gasteiger partial charge in [0.05, 0.1) is 0 Å². The number of carbonyl (C=O) groups excluding carboxylic acids is 2. The summed E-state index contributed by atoms with van der Waals surface area (Å²) in [6.45, 7) is 6.64. The topological polar surface area (TPSA) is 59.1 Å². The van der Waals surface area contributed by atoms with Gasteiger partial charge in [0.1, 0.15) is 18.5 Å². The second kappa shape index (κ2) is 10.2. The molecule has 0 spiro atoms. The summed E-state index contributed by atoms with van der Waals surface area (Å²) in [5.41, 5.74) is 2.38. The van der Waals surface area contributed by atoms with Gasteiger partial charge in [-0.2, -0.15) is 0 Å². The number of unbranched alkanes of at least 4 members (excludes halogenated alkanes) is 6. The van der Waals surface area contributed by atoms with E-state index >= 15 is 0 Å². The highest BCUT2D eigenvalue weighted by Gasteiger charge is 2.55. The number of rotatable bonds is 9. The minimum atomic E-state index is -0.319. The lowest BCUT2D eigenvalue weighted by Crippen LogP contribution is -2.66. The molecule has 4 rings (SSSR count). The molecule has 7 heteroatoms. The van der Waals surface area contributed by atoms with Gasteiger partial charge in [-0.15, -0.1) is 0 Å². The molecule has 0 bridgehead atoms. The third kappa shape index (κ3) is 4.50. The van der Waals surface area contributed by atoms with E-state index in [4.69, 9.17) is 0 Å². The van der Waals surface area contributed by atoms with Crippen LogP contribution in [0.15, 0.2) is 24.3 Å². The molecule has 1 aromatic carbocycles. The van der Waals surface area contributed by atoms with Gasteiger partial charge in [0, 0.05) is 32.4 Å². The van der Waals surface area contributed by atoms with Crippen molar-refractivity contribution in [1.82, 2.24) is 20.0 Å². The standard InChI is InChI=1S/C25H39N5O2/c1-4-5-6-7-8-9-10-16-30-23(31)21-22(27(3)25(30)32)26-24-28(17-11-18-29(21)24)20-14-12-19(2)13-15-20/h12-15,21-22,24,26H,4-11,16-18H2,1-3H3. The van der Waals surface area contributed by atoms with E-state index in [1.165, 1.54) is 42.6 Å². The summed E-state index contributed by atoms with van der Waals surface area (Å²) in [6, 6.07) is 8.05. The van der Waals surface area contributed by atoms with Crippen LogP contribution in [0.1, 0.15) is 63.9 Å². The van der Waals surface area contributed by atoms with Crippen molar-refractivity contribution in [3.8, 4) is 0 Å². The predicted molar refractivity (Wildman–Crippen MR) is 127 cm³/mol. The molecule has 1 N–H and O–H groups in total. The summed E-state index contributed by atoms with van der Waals surface area (Å²) >= 11 is 0. The lowest BCUT2D eigenvalue weighted by Gasteiger charge is -2.44. The van der Waals surface area contributed by atoms with E-state index < -0.39 is 0 Å². The van der Waals surface area contributed by atoms with E-state index in [1.54, 1.807) is 4.90 Å². The Morgan fingerprint density at radius 2 is 1.66 bits per heavy atom. The first kappa shape index (κ1) is 23.1. The molecule has 0 aliphatic carbocycles. The maximum atomic E-state index is 13.5. The average molecular weight is 442 g/mol. The van der Waals surface area contributed by atoms with Crippen molar-refractivity contribution >= 4 is 17.6 Å².